The second-order valence-electron chi connectivity index (χ2n) is 5.03. The van der Waals surface area contributed by atoms with Crippen molar-refractivity contribution >= 4 is 0 Å². The predicted octanol–water partition coefficient (Wildman–Crippen LogP) is 3.19. The Balaban J connectivity index is 2.30. The predicted molar refractivity (Wildman–Crippen MR) is 69.6 cm³/mol. The first-order chi connectivity index (χ1) is 8.17. The second-order valence-corrected chi connectivity index (χ2v) is 5.03. The maximum atomic E-state index is 9.55. The Kier molecular flexibility index (Phi) is 3.72. The average molecular weight is 234 g/mol. The SMILES string of the molecule is CCOc1cc(C)c(C(CO)C2CC2)cc1C. The lowest BCUT2D eigenvalue weighted by molar-refractivity contribution is 0.252. The monoisotopic (exact) mass is 234 g/mol. The van der Waals surface area contributed by atoms with Crippen LogP contribution in [0.2, 0.25) is 0 Å². The molecule has 2 rings (SSSR count). The first-order valence-electron chi connectivity index (χ1n) is 6.52. The molecule has 1 aliphatic carbocycles. The first kappa shape index (κ1) is 12.4. The highest BCUT2D eigenvalue weighted by molar-refractivity contribution is 5.43. The van der Waals surface area contributed by atoms with Gasteiger partial charge in [0, 0.05) is 5.92 Å². The molecule has 0 saturated heterocycles. The molecular weight excluding hydrogens is 212 g/mol. The van der Waals surface area contributed by atoms with E-state index in [1.807, 2.05) is 6.92 Å². The molecule has 1 atom stereocenters. The first-order valence-corrected chi connectivity index (χ1v) is 6.52. The summed E-state index contributed by atoms with van der Waals surface area (Å²) >= 11 is 0. The van der Waals surface area contributed by atoms with E-state index in [2.05, 4.69) is 26.0 Å². The smallest absolute Gasteiger partial charge is 0.122 e. The van der Waals surface area contributed by atoms with Crippen LogP contribution in [0.25, 0.3) is 0 Å². The molecule has 2 heteroatoms. The zero-order chi connectivity index (χ0) is 12.4. The summed E-state index contributed by atoms with van der Waals surface area (Å²) in [6.07, 6.45) is 2.52. The van der Waals surface area contributed by atoms with Crippen molar-refractivity contribution < 1.29 is 9.84 Å². The molecule has 0 aromatic heterocycles. The van der Waals surface area contributed by atoms with Crippen molar-refractivity contribution in [1.29, 1.82) is 0 Å². The van der Waals surface area contributed by atoms with Crippen LogP contribution in [0.5, 0.6) is 5.75 Å². The highest BCUT2D eigenvalue weighted by atomic mass is 16.5. The molecular formula is C15H22O2. The van der Waals surface area contributed by atoms with Gasteiger partial charge in [-0.3, -0.25) is 0 Å². The largest absolute Gasteiger partial charge is 0.494 e. The Bertz CT molecular complexity index is 394. The fourth-order valence-corrected chi connectivity index (χ4v) is 2.52. The van der Waals surface area contributed by atoms with E-state index >= 15 is 0 Å². The zero-order valence-electron chi connectivity index (χ0n) is 11.0. The van der Waals surface area contributed by atoms with Gasteiger partial charge in [0.05, 0.1) is 13.2 Å². The summed E-state index contributed by atoms with van der Waals surface area (Å²) in [7, 11) is 0. The molecule has 1 aromatic carbocycles. The third-order valence-electron chi connectivity index (χ3n) is 3.65. The molecule has 0 bridgehead atoms. The Labute approximate surface area is 104 Å². The summed E-state index contributed by atoms with van der Waals surface area (Å²) in [6.45, 7) is 7.16. The van der Waals surface area contributed by atoms with Gasteiger partial charge < -0.3 is 9.84 Å². The van der Waals surface area contributed by atoms with Crippen molar-refractivity contribution in [3.63, 3.8) is 0 Å². The number of ether oxygens (including phenoxy) is 1. The number of aryl methyl sites for hydroxylation is 2. The Morgan fingerprint density at radius 3 is 2.53 bits per heavy atom. The standard InChI is InChI=1S/C15H22O2/c1-4-17-15-8-10(2)13(7-11(15)3)14(9-16)12-5-6-12/h7-8,12,14,16H,4-6,9H2,1-3H3. The lowest BCUT2D eigenvalue weighted by Crippen LogP contribution is -2.09. The molecule has 0 spiro atoms. The van der Waals surface area contributed by atoms with E-state index < -0.39 is 0 Å². The summed E-state index contributed by atoms with van der Waals surface area (Å²) in [5.74, 6) is 1.99. The summed E-state index contributed by atoms with van der Waals surface area (Å²) in [6, 6.07) is 4.30. The van der Waals surface area contributed by atoms with Crippen LogP contribution in [0, 0.1) is 19.8 Å². The molecule has 0 amide bonds. The fraction of sp³-hybridized carbons (Fsp3) is 0.600. The number of aliphatic hydroxyl groups excluding tert-OH is 1. The van der Waals surface area contributed by atoms with Crippen LogP contribution in [-0.2, 0) is 0 Å². The molecule has 0 heterocycles. The van der Waals surface area contributed by atoms with Gasteiger partial charge in [-0.05, 0) is 62.3 Å². The van der Waals surface area contributed by atoms with Crippen molar-refractivity contribution in [1.82, 2.24) is 0 Å². The number of benzene rings is 1. The van der Waals surface area contributed by atoms with Crippen LogP contribution in [0.15, 0.2) is 12.1 Å². The van der Waals surface area contributed by atoms with Crippen molar-refractivity contribution in [2.45, 2.75) is 39.5 Å². The summed E-state index contributed by atoms with van der Waals surface area (Å²) < 4.78 is 5.60. The molecule has 0 radical (unpaired) electrons. The van der Waals surface area contributed by atoms with Crippen LogP contribution in [-0.4, -0.2) is 18.3 Å². The summed E-state index contributed by atoms with van der Waals surface area (Å²) in [4.78, 5) is 0. The molecule has 94 valence electrons. The maximum Gasteiger partial charge on any atom is 0.122 e. The topological polar surface area (TPSA) is 29.5 Å². The van der Waals surface area contributed by atoms with Crippen LogP contribution in [0.3, 0.4) is 0 Å². The summed E-state index contributed by atoms with van der Waals surface area (Å²) in [5.41, 5.74) is 3.72. The second kappa shape index (κ2) is 5.09. The van der Waals surface area contributed by atoms with Gasteiger partial charge in [-0.1, -0.05) is 6.07 Å². The van der Waals surface area contributed by atoms with Gasteiger partial charge in [-0.2, -0.15) is 0 Å². The van der Waals surface area contributed by atoms with Crippen molar-refractivity contribution in [2.24, 2.45) is 5.92 Å². The van der Waals surface area contributed by atoms with E-state index in [4.69, 9.17) is 4.74 Å². The number of hydrogen-bond acceptors (Lipinski definition) is 2. The van der Waals surface area contributed by atoms with E-state index in [0.29, 0.717) is 18.4 Å². The van der Waals surface area contributed by atoms with Crippen LogP contribution in [0.1, 0.15) is 42.4 Å². The van der Waals surface area contributed by atoms with Crippen LogP contribution >= 0.6 is 0 Å². The molecule has 0 aliphatic heterocycles. The van der Waals surface area contributed by atoms with E-state index in [1.165, 1.54) is 29.5 Å². The third-order valence-corrected chi connectivity index (χ3v) is 3.65. The maximum absolute atomic E-state index is 9.55. The van der Waals surface area contributed by atoms with Gasteiger partial charge in [0.15, 0.2) is 0 Å². The van der Waals surface area contributed by atoms with E-state index in [1.54, 1.807) is 0 Å². The minimum Gasteiger partial charge on any atom is -0.494 e. The van der Waals surface area contributed by atoms with E-state index in [0.717, 1.165) is 5.75 Å². The van der Waals surface area contributed by atoms with Crippen LogP contribution in [0.4, 0.5) is 0 Å². The minimum atomic E-state index is 0.263. The quantitative estimate of drug-likeness (QED) is 0.847. The van der Waals surface area contributed by atoms with Gasteiger partial charge in [0.25, 0.3) is 0 Å². The molecule has 17 heavy (non-hydrogen) atoms. The van der Waals surface area contributed by atoms with Crippen molar-refractivity contribution in [3.05, 3.63) is 28.8 Å². The van der Waals surface area contributed by atoms with Gasteiger partial charge in [-0.15, -0.1) is 0 Å². The third kappa shape index (κ3) is 2.63. The molecule has 1 aromatic rings. The van der Waals surface area contributed by atoms with Gasteiger partial charge in [0.1, 0.15) is 5.75 Å². The normalized spacial score (nSPS) is 16.9. The number of rotatable bonds is 5. The molecule has 1 unspecified atom stereocenters. The fourth-order valence-electron chi connectivity index (χ4n) is 2.52. The Morgan fingerprint density at radius 2 is 2.00 bits per heavy atom. The van der Waals surface area contributed by atoms with Gasteiger partial charge >= 0.3 is 0 Å². The summed E-state index contributed by atoms with van der Waals surface area (Å²) in [5, 5.41) is 9.55. The zero-order valence-corrected chi connectivity index (χ0v) is 11.0. The van der Waals surface area contributed by atoms with Crippen molar-refractivity contribution in [3.8, 4) is 5.75 Å². The highest BCUT2D eigenvalue weighted by Gasteiger charge is 2.32. The molecule has 1 aliphatic rings. The van der Waals surface area contributed by atoms with Crippen LogP contribution < -0.4 is 4.74 Å². The van der Waals surface area contributed by atoms with Crippen molar-refractivity contribution in [2.75, 3.05) is 13.2 Å². The lowest BCUT2D eigenvalue weighted by atomic mass is 9.90. The highest BCUT2D eigenvalue weighted by Crippen LogP contribution is 2.44. The minimum absolute atomic E-state index is 0.263. The Hall–Kier alpha value is -1.02. The Morgan fingerprint density at radius 1 is 1.29 bits per heavy atom. The number of aliphatic hydroxyl groups is 1. The van der Waals surface area contributed by atoms with Gasteiger partial charge in [0.2, 0.25) is 0 Å². The average Bonchev–Trinajstić information content (AvgIpc) is 3.10. The molecule has 1 saturated carbocycles. The molecule has 2 nitrogen and oxygen atoms in total. The van der Waals surface area contributed by atoms with Gasteiger partial charge in [-0.25, -0.2) is 0 Å². The van der Waals surface area contributed by atoms with E-state index in [-0.39, 0.29) is 6.61 Å². The number of hydrogen-bond donors (Lipinski definition) is 1. The molecule has 1 fully saturated rings. The lowest BCUT2D eigenvalue weighted by Gasteiger charge is -2.19. The van der Waals surface area contributed by atoms with E-state index in [9.17, 15) is 5.11 Å². The molecule has 1 N–H and O–H groups in total.